The summed E-state index contributed by atoms with van der Waals surface area (Å²) in [7, 11) is -6.94. The lowest BCUT2D eigenvalue weighted by Crippen LogP contribution is -2.63. The fourth-order valence-corrected chi connectivity index (χ4v) is 3.28. The summed E-state index contributed by atoms with van der Waals surface area (Å²) in [5.41, 5.74) is 0.530. The van der Waals surface area contributed by atoms with Crippen molar-refractivity contribution in [2.24, 2.45) is 0 Å². The van der Waals surface area contributed by atoms with Gasteiger partial charge < -0.3 is 8.92 Å². The highest BCUT2D eigenvalue weighted by Crippen LogP contribution is 2.54. The van der Waals surface area contributed by atoms with Gasteiger partial charge in [-0.25, -0.2) is 0 Å². The van der Waals surface area contributed by atoms with Crippen LogP contribution < -0.4 is 4.18 Å². The summed E-state index contributed by atoms with van der Waals surface area (Å²) in [6.07, 6.45) is -7.14. The second-order valence-corrected chi connectivity index (χ2v) is 7.82. The largest absolute Gasteiger partial charge is 0.460 e. The van der Waals surface area contributed by atoms with E-state index < -0.39 is 39.1 Å². The highest BCUT2D eigenvalue weighted by atomic mass is 35.5. The average molecular weight is 512 g/mol. The molecule has 0 bridgehead atoms. The van der Waals surface area contributed by atoms with Crippen LogP contribution in [0.2, 0.25) is 0 Å². The van der Waals surface area contributed by atoms with Crippen LogP contribution in [0.15, 0.2) is 24.3 Å². The standard InChI is InChI=1S/C15H14F9NO4S.ClH/c16-12(17,14(20,21)22)13(18,19)15(23,24)30(26,27)29-11-3-1-10(2-4-11)9-25-5-7-28-8-6-25;/h1-4H,5-9H2;1H. The minimum Gasteiger partial charge on any atom is -0.379 e. The summed E-state index contributed by atoms with van der Waals surface area (Å²) in [4.78, 5) is 1.92. The maximum atomic E-state index is 13.6. The summed E-state index contributed by atoms with van der Waals surface area (Å²) in [5.74, 6) is -15.7. The van der Waals surface area contributed by atoms with Gasteiger partial charge in [0.15, 0.2) is 0 Å². The zero-order valence-corrected chi connectivity index (χ0v) is 16.8. The first kappa shape index (κ1) is 27.6. The van der Waals surface area contributed by atoms with Crippen LogP contribution in [0.1, 0.15) is 5.56 Å². The van der Waals surface area contributed by atoms with Crippen molar-refractivity contribution in [3.05, 3.63) is 29.8 Å². The number of rotatable bonds is 7. The molecule has 1 fully saturated rings. The van der Waals surface area contributed by atoms with Gasteiger partial charge >= 0.3 is 33.4 Å². The Morgan fingerprint density at radius 3 is 1.81 bits per heavy atom. The average Bonchev–Trinajstić information content (AvgIpc) is 2.62. The molecule has 16 heteroatoms. The van der Waals surface area contributed by atoms with Crippen LogP contribution in [0.4, 0.5) is 39.5 Å². The molecule has 0 atom stereocenters. The fraction of sp³-hybridized carbons (Fsp3) is 0.600. The van der Waals surface area contributed by atoms with Crippen LogP contribution in [0.25, 0.3) is 0 Å². The zero-order chi connectivity index (χ0) is 23.0. The lowest BCUT2D eigenvalue weighted by Gasteiger charge is -2.32. The van der Waals surface area contributed by atoms with Gasteiger partial charge in [0.25, 0.3) is 0 Å². The van der Waals surface area contributed by atoms with Crippen molar-refractivity contribution in [2.45, 2.75) is 29.8 Å². The topological polar surface area (TPSA) is 55.8 Å². The molecule has 0 aliphatic carbocycles. The first-order valence-electron chi connectivity index (χ1n) is 8.06. The van der Waals surface area contributed by atoms with Gasteiger partial charge in [0, 0.05) is 19.6 Å². The zero-order valence-electron chi connectivity index (χ0n) is 15.1. The molecule has 31 heavy (non-hydrogen) atoms. The number of nitrogens with zero attached hydrogens (tertiary/aromatic N) is 1. The second-order valence-electron chi connectivity index (χ2n) is 6.23. The van der Waals surface area contributed by atoms with Crippen molar-refractivity contribution in [2.75, 3.05) is 26.3 Å². The van der Waals surface area contributed by atoms with E-state index in [4.69, 9.17) is 4.74 Å². The fourth-order valence-electron chi connectivity index (χ4n) is 2.36. The molecule has 0 unspecified atom stereocenters. The maximum Gasteiger partial charge on any atom is 0.460 e. The van der Waals surface area contributed by atoms with Gasteiger partial charge in [-0.3, -0.25) is 4.90 Å². The summed E-state index contributed by atoms with van der Waals surface area (Å²) >= 11 is 0. The van der Waals surface area contributed by atoms with E-state index in [1.165, 1.54) is 12.1 Å². The smallest absolute Gasteiger partial charge is 0.379 e. The Labute approximate surface area is 176 Å². The van der Waals surface area contributed by atoms with Gasteiger partial charge in [0.2, 0.25) is 0 Å². The molecule has 1 aliphatic heterocycles. The van der Waals surface area contributed by atoms with Crippen LogP contribution in [-0.2, 0) is 21.4 Å². The monoisotopic (exact) mass is 511 g/mol. The van der Waals surface area contributed by atoms with E-state index in [0.29, 0.717) is 38.4 Å². The van der Waals surface area contributed by atoms with Crippen LogP contribution >= 0.6 is 12.4 Å². The van der Waals surface area contributed by atoms with Crippen molar-refractivity contribution in [1.82, 2.24) is 4.90 Å². The molecule has 0 aromatic heterocycles. The Morgan fingerprint density at radius 1 is 0.871 bits per heavy atom. The van der Waals surface area contributed by atoms with Crippen molar-refractivity contribution in [3.63, 3.8) is 0 Å². The number of morpholine rings is 1. The lowest BCUT2D eigenvalue weighted by molar-refractivity contribution is -0.382. The quantitative estimate of drug-likeness (QED) is 0.408. The van der Waals surface area contributed by atoms with Crippen molar-refractivity contribution >= 4 is 22.5 Å². The molecule has 0 radical (unpaired) electrons. The molecule has 1 heterocycles. The van der Waals surface area contributed by atoms with Crippen molar-refractivity contribution in [3.8, 4) is 5.75 Å². The van der Waals surface area contributed by atoms with Crippen LogP contribution in [0, 0.1) is 0 Å². The molecule has 1 aromatic rings. The molecule has 1 aliphatic rings. The van der Waals surface area contributed by atoms with Crippen molar-refractivity contribution in [1.29, 1.82) is 0 Å². The minimum absolute atomic E-state index is 0. The van der Waals surface area contributed by atoms with Crippen LogP contribution in [-0.4, -0.2) is 62.9 Å². The van der Waals surface area contributed by atoms with Crippen LogP contribution in [0.5, 0.6) is 5.75 Å². The Kier molecular flexibility index (Phi) is 8.18. The van der Waals surface area contributed by atoms with E-state index in [-0.39, 0.29) is 12.4 Å². The molecule has 2 rings (SSSR count). The first-order valence-corrected chi connectivity index (χ1v) is 9.47. The molecule has 1 aromatic carbocycles. The van der Waals surface area contributed by atoms with Gasteiger partial charge in [-0.05, 0) is 17.7 Å². The van der Waals surface area contributed by atoms with Crippen LogP contribution in [0.3, 0.4) is 0 Å². The number of halogens is 10. The molecule has 5 nitrogen and oxygen atoms in total. The third-order valence-electron chi connectivity index (χ3n) is 4.07. The molecular formula is C15H15ClF9NO4S. The summed E-state index contributed by atoms with van der Waals surface area (Å²) in [5, 5.41) is -6.90. The van der Waals surface area contributed by atoms with Gasteiger partial charge in [-0.2, -0.15) is 47.9 Å². The van der Waals surface area contributed by atoms with Gasteiger partial charge in [-0.15, -0.1) is 12.4 Å². The molecule has 0 amide bonds. The third-order valence-corrected chi connectivity index (χ3v) is 5.37. The Morgan fingerprint density at radius 2 is 1.35 bits per heavy atom. The normalized spacial score (nSPS) is 17.2. The summed E-state index contributed by atoms with van der Waals surface area (Å²) < 4.78 is 148. The van der Waals surface area contributed by atoms with E-state index in [1.807, 2.05) is 4.90 Å². The number of alkyl halides is 9. The first-order chi connectivity index (χ1) is 13.5. The Balaban J connectivity index is 0.00000480. The highest BCUT2D eigenvalue weighted by molar-refractivity contribution is 7.88. The van der Waals surface area contributed by atoms with E-state index in [0.717, 1.165) is 12.1 Å². The van der Waals surface area contributed by atoms with Crippen molar-refractivity contribution < 1.29 is 56.9 Å². The van der Waals surface area contributed by atoms with E-state index in [1.54, 1.807) is 0 Å². The number of hydrogen-bond acceptors (Lipinski definition) is 5. The van der Waals surface area contributed by atoms with E-state index in [2.05, 4.69) is 4.18 Å². The molecule has 0 saturated carbocycles. The molecule has 0 N–H and O–H groups in total. The summed E-state index contributed by atoms with van der Waals surface area (Å²) in [6.45, 7) is 2.40. The molecule has 1 saturated heterocycles. The van der Waals surface area contributed by atoms with Gasteiger partial charge in [0.05, 0.1) is 13.2 Å². The highest BCUT2D eigenvalue weighted by Gasteiger charge is 2.86. The Hall–Kier alpha value is -1.45. The maximum absolute atomic E-state index is 13.6. The number of benzene rings is 1. The molecular weight excluding hydrogens is 497 g/mol. The number of ether oxygens (including phenoxy) is 1. The molecule has 180 valence electrons. The summed E-state index contributed by atoms with van der Waals surface area (Å²) in [6, 6.07) is 3.90. The predicted molar refractivity (Wildman–Crippen MR) is 90.2 cm³/mol. The Bertz CT molecular complexity index is 841. The SMILES string of the molecule is Cl.O=S(=O)(Oc1ccc(CN2CCOCC2)cc1)C(F)(F)C(F)(F)C(F)(F)C(F)(F)F. The predicted octanol–water partition coefficient (Wildman–Crippen LogP) is 4.07. The van der Waals surface area contributed by atoms with Gasteiger partial charge in [0.1, 0.15) is 5.75 Å². The number of hydrogen-bond donors (Lipinski definition) is 0. The lowest BCUT2D eigenvalue weighted by atomic mass is 10.1. The third kappa shape index (κ3) is 5.31. The van der Waals surface area contributed by atoms with Gasteiger partial charge in [-0.1, -0.05) is 12.1 Å². The second kappa shape index (κ2) is 9.19. The van der Waals surface area contributed by atoms with E-state index >= 15 is 0 Å². The molecule has 0 spiro atoms. The minimum atomic E-state index is -7.35. The van der Waals surface area contributed by atoms with E-state index in [9.17, 15) is 47.9 Å².